The number of nitrogens with two attached hydrogens (primary N) is 1. The molecule has 22 heavy (non-hydrogen) atoms. The fourth-order valence-electron chi connectivity index (χ4n) is 2.19. The van der Waals surface area contributed by atoms with Gasteiger partial charge in [0, 0.05) is 32.7 Å². The van der Waals surface area contributed by atoms with Gasteiger partial charge in [-0.2, -0.15) is 0 Å². The van der Waals surface area contributed by atoms with Crippen molar-refractivity contribution in [1.82, 2.24) is 15.5 Å². The molecule has 1 aliphatic heterocycles. The number of benzene rings is 1. The lowest BCUT2D eigenvalue weighted by Gasteiger charge is -2.26. The van der Waals surface area contributed by atoms with E-state index in [9.17, 15) is 9.59 Å². The smallest absolute Gasteiger partial charge is 0.255 e. The lowest BCUT2D eigenvalue weighted by Crippen LogP contribution is -2.47. The third kappa shape index (κ3) is 5.71. The van der Waals surface area contributed by atoms with Crippen LogP contribution >= 0.6 is 0 Å². The molecule has 120 valence electrons. The van der Waals surface area contributed by atoms with Gasteiger partial charge in [0.25, 0.3) is 5.91 Å². The minimum Gasteiger partial charge on any atom is -0.484 e. The number of carbonyl (C=O) groups is 2. The first kappa shape index (κ1) is 16.3. The van der Waals surface area contributed by atoms with Crippen LogP contribution in [0.5, 0.6) is 5.75 Å². The Morgan fingerprint density at radius 1 is 1.23 bits per heavy atom. The zero-order valence-electron chi connectivity index (χ0n) is 12.5. The number of carbonyl (C=O) groups excluding carboxylic acids is 2. The molecule has 0 aliphatic carbocycles. The molecule has 0 aromatic heterocycles. The number of hydrogen-bond donors (Lipinski definition) is 3. The SMILES string of the molecule is NC(=O)COc1ccc(CNC(=O)CN2CCNCC2)cc1. The second-order valence-corrected chi connectivity index (χ2v) is 5.20. The summed E-state index contributed by atoms with van der Waals surface area (Å²) in [4.78, 5) is 24.6. The van der Waals surface area contributed by atoms with E-state index < -0.39 is 5.91 Å². The van der Waals surface area contributed by atoms with Crippen LogP contribution < -0.4 is 21.1 Å². The fourth-order valence-corrected chi connectivity index (χ4v) is 2.19. The Balaban J connectivity index is 1.71. The van der Waals surface area contributed by atoms with Gasteiger partial charge in [-0.15, -0.1) is 0 Å². The molecular weight excluding hydrogens is 284 g/mol. The second kappa shape index (κ2) is 8.35. The largest absolute Gasteiger partial charge is 0.484 e. The Morgan fingerprint density at radius 3 is 2.55 bits per heavy atom. The minimum absolute atomic E-state index is 0.0240. The van der Waals surface area contributed by atoms with E-state index in [0.717, 1.165) is 31.7 Å². The fraction of sp³-hybridized carbons (Fsp3) is 0.467. The van der Waals surface area contributed by atoms with Crippen LogP contribution in [0.3, 0.4) is 0 Å². The van der Waals surface area contributed by atoms with Crippen LogP contribution in [-0.4, -0.2) is 56.0 Å². The van der Waals surface area contributed by atoms with Crippen molar-refractivity contribution in [2.75, 3.05) is 39.3 Å². The maximum Gasteiger partial charge on any atom is 0.255 e. The highest BCUT2D eigenvalue weighted by Crippen LogP contribution is 2.11. The van der Waals surface area contributed by atoms with Crippen molar-refractivity contribution in [2.45, 2.75) is 6.54 Å². The van der Waals surface area contributed by atoms with E-state index in [-0.39, 0.29) is 12.5 Å². The lowest BCUT2D eigenvalue weighted by molar-refractivity contribution is -0.122. The number of nitrogens with one attached hydrogen (secondary N) is 2. The quantitative estimate of drug-likeness (QED) is 0.605. The highest BCUT2D eigenvalue weighted by molar-refractivity contribution is 5.78. The van der Waals surface area contributed by atoms with Crippen molar-refractivity contribution >= 4 is 11.8 Å². The van der Waals surface area contributed by atoms with E-state index in [2.05, 4.69) is 15.5 Å². The van der Waals surface area contributed by atoms with Gasteiger partial charge < -0.3 is 21.1 Å². The van der Waals surface area contributed by atoms with E-state index in [1.54, 1.807) is 12.1 Å². The summed E-state index contributed by atoms with van der Waals surface area (Å²) in [5.74, 6) is 0.0925. The first-order valence-corrected chi connectivity index (χ1v) is 7.33. The average Bonchev–Trinajstić information content (AvgIpc) is 2.53. The molecule has 0 radical (unpaired) electrons. The topological polar surface area (TPSA) is 96.7 Å². The van der Waals surface area contributed by atoms with Gasteiger partial charge in [0.2, 0.25) is 5.91 Å². The number of hydrogen-bond acceptors (Lipinski definition) is 5. The predicted octanol–water partition coefficient (Wildman–Crippen LogP) is -0.928. The van der Waals surface area contributed by atoms with Crippen molar-refractivity contribution < 1.29 is 14.3 Å². The predicted molar refractivity (Wildman–Crippen MR) is 82.3 cm³/mol. The van der Waals surface area contributed by atoms with Gasteiger partial charge in [-0.25, -0.2) is 0 Å². The van der Waals surface area contributed by atoms with Gasteiger partial charge in [-0.05, 0) is 17.7 Å². The van der Waals surface area contributed by atoms with Crippen molar-refractivity contribution in [3.8, 4) is 5.75 Å². The molecule has 0 atom stereocenters. The Morgan fingerprint density at radius 2 is 1.91 bits per heavy atom. The molecule has 1 saturated heterocycles. The first-order valence-electron chi connectivity index (χ1n) is 7.33. The number of ether oxygens (including phenoxy) is 1. The van der Waals surface area contributed by atoms with Gasteiger partial charge in [-0.1, -0.05) is 12.1 Å². The van der Waals surface area contributed by atoms with Crippen LogP contribution in [0.4, 0.5) is 0 Å². The molecule has 2 rings (SSSR count). The monoisotopic (exact) mass is 306 g/mol. The van der Waals surface area contributed by atoms with Crippen LogP contribution in [-0.2, 0) is 16.1 Å². The minimum atomic E-state index is -0.510. The summed E-state index contributed by atoms with van der Waals surface area (Å²) in [7, 11) is 0. The van der Waals surface area contributed by atoms with Crippen molar-refractivity contribution in [2.24, 2.45) is 5.73 Å². The van der Waals surface area contributed by atoms with E-state index in [1.165, 1.54) is 0 Å². The van der Waals surface area contributed by atoms with Gasteiger partial charge in [0.05, 0.1) is 6.54 Å². The Bertz CT molecular complexity index is 498. The number of primary amides is 1. The third-order valence-electron chi connectivity index (χ3n) is 3.37. The molecule has 7 heteroatoms. The molecule has 0 unspecified atom stereocenters. The van der Waals surface area contributed by atoms with Gasteiger partial charge in [0.1, 0.15) is 5.75 Å². The van der Waals surface area contributed by atoms with E-state index in [1.807, 2.05) is 12.1 Å². The normalized spacial score (nSPS) is 15.3. The summed E-state index contributed by atoms with van der Waals surface area (Å²) in [6.45, 7) is 4.43. The zero-order chi connectivity index (χ0) is 15.8. The zero-order valence-corrected chi connectivity index (χ0v) is 12.5. The summed E-state index contributed by atoms with van der Waals surface area (Å²) >= 11 is 0. The molecule has 1 aromatic carbocycles. The number of nitrogens with zero attached hydrogens (tertiary/aromatic N) is 1. The maximum atomic E-state index is 11.9. The summed E-state index contributed by atoms with van der Waals surface area (Å²) in [6.07, 6.45) is 0. The van der Waals surface area contributed by atoms with Gasteiger partial charge >= 0.3 is 0 Å². The number of amides is 2. The van der Waals surface area contributed by atoms with Crippen molar-refractivity contribution in [3.05, 3.63) is 29.8 Å². The molecule has 1 fully saturated rings. The van der Waals surface area contributed by atoms with Gasteiger partial charge in [-0.3, -0.25) is 14.5 Å². The molecule has 0 bridgehead atoms. The van der Waals surface area contributed by atoms with E-state index in [0.29, 0.717) is 18.8 Å². The van der Waals surface area contributed by atoms with Gasteiger partial charge in [0.15, 0.2) is 6.61 Å². The van der Waals surface area contributed by atoms with Crippen LogP contribution in [0.25, 0.3) is 0 Å². The highest BCUT2D eigenvalue weighted by Gasteiger charge is 2.12. The summed E-state index contributed by atoms with van der Waals surface area (Å²) in [5.41, 5.74) is 5.98. The molecule has 1 aromatic rings. The molecule has 4 N–H and O–H groups in total. The van der Waals surface area contributed by atoms with Crippen LogP contribution in [0, 0.1) is 0 Å². The number of rotatable bonds is 7. The van der Waals surface area contributed by atoms with Crippen LogP contribution in [0.2, 0.25) is 0 Å². The number of piperazine rings is 1. The standard InChI is InChI=1S/C15H22N4O3/c16-14(20)11-22-13-3-1-12(2-4-13)9-18-15(21)10-19-7-5-17-6-8-19/h1-4,17H,5-11H2,(H2,16,20)(H,18,21). The van der Waals surface area contributed by atoms with Crippen molar-refractivity contribution in [3.63, 3.8) is 0 Å². The average molecular weight is 306 g/mol. The maximum absolute atomic E-state index is 11.9. The highest BCUT2D eigenvalue weighted by atomic mass is 16.5. The molecule has 2 amide bonds. The summed E-state index contributed by atoms with van der Waals surface area (Å²) < 4.78 is 5.17. The van der Waals surface area contributed by atoms with Crippen LogP contribution in [0.1, 0.15) is 5.56 Å². The molecule has 0 spiro atoms. The second-order valence-electron chi connectivity index (χ2n) is 5.20. The van der Waals surface area contributed by atoms with E-state index in [4.69, 9.17) is 10.5 Å². The molecule has 1 heterocycles. The molecule has 7 nitrogen and oxygen atoms in total. The van der Waals surface area contributed by atoms with Crippen LogP contribution in [0.15, 0.2) is 24.3 Å². The Kier molecular flexibility index (Phi) is 6.17. The molecule has 0 saturated carbocycles. The third-order valence-corrected chi connectivity index (χ3v) is 3.37. The molecule has 1 aliphatic rings. The van der Waals surface area contributed by atoms with Crippen molar-refractivity contribution in [1.29, 1.82) is 0 Å². The summed E-state index contributed by atoms with van der Waals surface area (Å²) in [6, 6.07) is 7.20. The molecular formula is C15H22N4O3. The lowest BCUT2D eigenvalue weighted by atomic mass is 10.2. The Labute approximate surface area is 129 Å². The van der Waals surface area contributed by atoms with E-state index >= 15 is 0 Å². The summed E-state index contributed by atoms with van der Waals surface area (Å²) in [5, 5.41) is 6.15. The Hall–Kier alpha value is -2.12. The first-order chi connectivity index (χ1) is 10.6.